The normalized spacial score (nSPS) is 13.8. The molecule has 0 saturated carbocycles. The number of ether oxygens (including phenoxy) is 2. The zero-order valence-electron chi connectivity index (χ0n) is 13.3. The minimum atomic E-state index is -0.144. The number of aryl methyl sites for hydroxylation is 1. The van der Waals surface area contributed by atoms with E-state index in [9.17, 15) is 4.79 Å². The van der Waals surface area contributed by atoms with Crippen molar-refractivity contribution in [1.29, 1.82) is 5.26 Å². The first-order valence-electron chi connectivity index (χ1n) is 7.64. The number of hydrogen-bond donors (Lipinski definition) is 0. The van der Waals surface area contributed by atoms with Crippen LogP contribution in [0.15, 0.2) is 42.6 Å². The second-order valence-electron chi connectivity index (χ2n) is 5.61. The van der Waals surface area contributed by atoms with Crippen LogP contribution in [0.2, 0.25) is 0 Å². The Morgan fingerprint density at radius 2 is 2.21 bits per heavy atom. The Morgan fingerprint density at radius 1 is 1.38 bits per heavy atom. The van der Waals surface area contributed by atoms with Gasteiger partial charge in [-0.25, -0.2) is 4.98 Å². The Labute approximate surface area is 140 Å². The molecule has 6 nitrogen and oxygen atoms in total. The summed E-state index contributed by atoms with van der Waals surface area (Å²) in [6.45, 7) is 2.91. The third-order valence-electron chi connectivity index (χ3n) is 3.72. The van der Waals surface area contributed by atoms with Gasteiger partial charge in [-0.05, 0) is 36.8 Å². The summed E-state index contributed by atoms with van der Waals surface area (Å²) in [6.07, 6.45) is 1.43. The van der Waals surface area contributed by atoms with E-state index in [0.717, 1.165) is 5.56 Å². The lowest BCUT2D eigenvalue weighted by atomic mass is 10.1. The van der Waals surface area contributed by atoms with Crippen LogP contribution in [0.3, 0.4) is 0 Å². The molecule has 0 bridgehead atoms. The Morgan fingerprint density at radius 3 is 2.96 bits per heavy atom. The topological polar surface area (TPSA) is 75.4 Å². The van der Waals surface area contributed by atoms with Crippen LogP contribution in [-0.2, 0) is 4.79 Å². The molecule has 0 radical (unpaired) electrons. The molecular formula is C18H17N3O3. The highest BCUT2D eigenvalue weighted by atomic mass is 16.5. The molecular weight excluding hydrogens is 306 g/mol. The summed E-state index contributed by atoms with van der Waals surface area (Å²) >= 11 is 0. The first-order chi connectivity index (χ1) is 11.7. The van der Waals surface area contributed by atoms with Crippen molar-refractivity contribution in [2.45, 2.75) is 13.0 Å². The van der Waals surface area contributed by atoms with Crippen LogP contribution in [0.1, 0.15) is 11.1 Å². The van der Waals surface area contributed by atoms with Crippen LogP contribution in [0.25, 0.3) is 0 Å². The largest absolute Gasteiger partial charge is 0.484 e. The number of nitriles is 1. The molecule has 2 aromatic rings. The summed E-state index contributed by atoms with van der Waals surface area (Å²) in [5.74, 6) is 0.912. The predicted molar refractivity (Wildman–Crippen MR) is 86.6 cm³/mol. The van der Waals surface area contributed by atoms with Crippen molar-refractivity contribution in [2.75, 3.05) is 19.7 Å². The van der Waals surface area contributed by atoms with E-state index in [1.807, 2.05) is 37.3 Å². The van der Waals surface area contributed by atoms with Crippen molar-refractivity contribution >= 4 is 5.91 Å². The monoisotopic (exact) mass is 323 g/mol. The van der Waals surface area contributed by atoms with E-state index in [2.05, 4.69) is 4.98 Å². The molecule has 1 aliphatic rings. The van der Waals surface area contributed by atoms with E-state index in [0.29, 0.717) is 30.3 Å². The Kier molecular flexibility index (Phi) is 4.62. The van der Waals surface area contributed by atoms with Gasteiger partial charge in [0.15, 0.2) is 6.61 Å². The van der Waals surface area contributed by atoms with Gasteiger partial charge in [0.25, 0.3) is 5.91 Å². The molecule has 1 saturated heterocycles. The summed E-state index contributed by atoms with van der Waals surface area (Å²) in [6, 6.07) is 13.0. The third-order valence-corrected chi connectivity index (χ3v) is 3.72. The van der Waals surface area contributed by atoms with Crippen molar-refractivity contribution in [3.63, 3.8) is 0 Å². The lowest BCUT2D eigenvalue weighted by molar-refractivity contribution is -0.142. The van der Waals surface area contributed by atoms with Crippen LogP contribution in [0, 0.1) is 18.3 Å². The predicted octanol–water partition coefficient (Wildman–Crippen LogP) is 1.93. The Bertz CT molecular complexity index is 779. The van der Waals surface area contributed by atoms with Crippen LogP contribution < -0.4 is 9.47 Å². The number of pyridine rings is 1. The Hall–Kier alpha value is -3.07. The number of hydrogen-bond acceptors (Lipinski definition) is 5. The highest BCUT2D eigenvalue weighted by Crippen LogP contribution is 2.20. The number of benzene rings is 1. The number of rotatable bonds is 5. The van der Waals surface area contributed by atoms with Crippen molar-refractivity contribution < 1.29 is 14.3 Å². The van der Waals surface area contributed by atoms with Gasteiger partial charge in [-0.1, -0.05) is 12.1 Å². The molecule has 1 aromatic heterocycles. The quantitative estimate of drug-likeness (QED) is 0.840. The van der Waals surface area contributed by atoms with Crippen molar-refractivity contribution in [1.82, 2.24) is 9.88 Å². The number of aromatic nitrogens is 1. The second-order valence-corrected chi connectivity index (χ2v) is 5.61. The van der Waals surface area contributed by atoms with Crippen LogP contribution in [0.5, 0.6) is 11.6 Å². The minimum Gasteiger partial charge on any atom is -0.484 e. The van der Waals surface area contributed by atoms with Gasteiger partial charge in [0.05, 0.1) is 13.1 Å². The lowest BCUT2D eigenvalue weighted by Crippen LogP contribution is -2.57. The van der Waals surface area contributed by atoms with Gasteiger partial charge in [0.1, 0.15) is 23.5 Å². The van der Waals surface area contributed by atoms with Crippen LogP contribution in [-0.4, -0.2) is 41.6 Å². The summed E-state index contributed by atoms with van der Waals surface area (Å²) < 4.78 is 11.2. The third kappa shape index (κ3) is 3.63. The zero-order valence-corrected chi connectivity index (χ0v) is 13.3. The molecule has 24 heavy (non-hydrogen) atoms. The highest BCUT2D eigenvalue weighted by Gasteiger charge is 2.33. The van der Waals surface area contributed by atoms with E-state index < -0.39 is 0 Å². The molecule has 6 heteroatoms. The Balaban J connectivity index is 1.46. The maximum Gasteiger partial charge on any atom is 0.260 e. The standard InChI is InChI=1S/C18H17N3O3/c1-13-4-2-6-15(8-13)23-12-17(22)21-10-16(11-21)24-18-14(9-19)5-3-7-20-18/h2-8,16H,10-12H2,1H3. The smallest absolute Gasteiger partial charge is 0.260 e. The van der Waals surface area contributed by atoms with Gasteiger partial charge in [0, 0.05) is 6.20 Å². The first kappa shape index (κ1) is 15.8. The highest BCUT2D eigenvalue weighted by molar-refractivity contribution is 5.78. The maximum absolute atomic E-state index is 12.1. The van der Waals surface area contributed by atoms with Crippen molar-refractivity contribution in [3.05, 3.63) is 53.7 Å². The van der Waals surface area contributed by atoms with Gasteiger partial charge in [-0.15, -0.1) is 0 Å². The molecule has 0 spiro atoms. The van der Waals surface area contributed by atoms with E-state index in [1.165, 1.54) is 0 Å². The minimum absolute atomic E-state index is 0.00318. The average molecular weight is 323 g/mol. The van der Waals surface area contributed by atoms with E-state index in [1.54, 1.807) is 23.2 Å². The first-order valence-corrected chi connectivity index (χ1v) is 7.64. The molecule has 0 N–H and O–H groups in total. The maximum atomic E-state index is 12.1. The molecule has 2 heterocycles. The fourth-order valence-corrected chi connectivity index (χ4v) is 2.39. The average Bonchev–Trinajstić information content (AvgIpc) is 2.56. The summed E-state index contributed by atoms with van der Waals surface area (Å²) in [5, 5.41) is 9.01. The number of carbonyl (C=O) groups is 1. The van der Waals surface area contributed by atoms with Gasteiger partial charge < -0.3 is 14.4 Å². The van der Waals surface area contributed by atoms with Gasteiger partial charge >= 0.3 is 0 Å². The molecule has 0 aliphatic carbocycles. The molecule has 3 rings (SSSR count). The van der Waals surface area contributed by atoms with Crippen molar-refractivity contribution in [2.24, 2.45) is 0 Å². The molecule has 1 fully saturated rings. The van der Waals surface area contributed by atoms with Gasteiger partial charge in [0.2, 0.25) is 5.88 Å². The second kappa shape index (κ2) is 7.01. The molecule has 1 amide bonds. The fraction of sp³-hybridized carbons (Fsp3) is 0.278. The SMILES string of the molecule is Cc1cccc(OCC(=O)N2CC(Oc3ncccc3C#N)C2)c1. The number of nitrogens with zero attached hydrogens (tertiary/aromatic N) is 3. The molecule has 0 atom stereocenters. The fourth-order valence-electron chi connectivity index (χ4n) is 2.39. The van der Waals surface area contributed by atoms with Crippen LogP contribution in [0.4, 0.5) is 0 Å². The summed E-state index contributed by atoms with van der Waals surface area (Å²) in [4.78, 5) is 17.8. The number of carbonyl (C=O) groups excluding carboxylic acids is 1. The molecule has 1 aliphatic heterocycles. The molecule has 0 unspecified atom stereocenters. The number of likely N-dealkylation sites (tertiary alicyclic amines) is 1. The summed E-state index contributed by atoms with van der Waals surface area (Å²) in [7, 11) is 0. The van der Waals surface area contributed by atoms with E-state index in [4.69, 9.17) is 14.7 Å². The van der Waals surface area contributed by atoms with Gasteiger partial charge in [-0.3, -0.25) is 4.79 Å². The van der Waals surface area contributed by atoms with Gasteiger partial charge in [-0.2, -0.15) is 5.26 Å². The van der Waals surface area contributed by atoms with Crippen molar-refractivity contribution in [3.8, 4) is 17.7 Å². The van der Waals surface area contributed by atoms with E-state index in [-0.39, 0.29) is 18.6 Å². The molecule has 1 aromatic carbocycles. The lowest BCUT2D eigenvalue weighted by Gasteiger charge is -2.38. The number of amides is 1. The van der Waals surface area contributed by atoms with Crippen LogP contribution >= 0.6 is 0 Å². The zero-order chi connectivity index (χ0) is 16.9. The van der Waals surface area contributed by atoms with E-state index >= 15 is 0 Å². The summed E-state index contributed by atoms with van der Waals surface area (Å²) in [5.41, 5.74) is 1.48. The molecule has 122 valence electrons.